The van der Waals surface area contributed by atoms with Crippen LogP contribution in [0.15, 0.2) is 60.0 Å². The Bertz CT molecular complexity index is 1360. The molecule has 1 fully saturated rings. The van der Waals surface area contributed by atoms with Crippen LogP contribution in [0.1, 0.15) is 35.0 Å². The fourth-order valence-corrected chi connectivity index (χ4v) is 5.18. The van der Waals surface area contributed by atoms with Gasteiger partial charge in [-0.15, -0.1) is 11.3 Å². The number of oxazole rings is 1. The molecule has 5 rings (SSSR count). The molecule has 0 spiro atoms. The lowest BCUT2D eigenvalue weighted by atomic mass is 10.1. The van der Waals surface area contributed by atoms with E-state index >= 15 is 0 Å². The maximum Gasteiger partial charge on any atom is 0.268 e. The number of likely N-dealkylation sites (tertiary alicyclic amines) is 1. The summed E-state index contributed by atoms with van der Waals surface area (Å²) in [6.07, 6.45) is 6.31. The molecule has 1 N–H and O–H groups in total. The summed E-state index contributed by atoms with van der Waals surface area (Å²) < 4.78 is 22.0. The lowest BCUT2D eigenvalue weighted by Gasteiger charge is -2.21. The molecule has 1 atom stereocenters. The highest BCUT2D eigenvalue weighted by atomic mass is 32.1. The van der Waals surface area contributed by atoms with Crippen LogP contribution in [-0.2, 0) is 4.79 Å². The third-order valence-corrected chi connectivity index (χ3v) is 7.04. The Balaban J connectivity index is 1.46. The summed E-state index contributed by atoms with van der Waals surface area (Å²) in [5, 5.41) is 2.88. The molecule has 4 heterocycles. The number of rotatable bonds is 5. The minimum Gasteiger partial charge on any atom is -0.443 e. The Kier molecular flexibility index (Phi) is 5.97. The highest BCUT2D eigenvalue weighted by Crippen LogP contribution is 2.33. The van der Waals surface area contributed by atoms with Crippen molar-refractivity contribution in [3.63, 3.8) is 0 Å². The summed E-state index contributed by atoms with van der Waals surface area (Å²) in [6.45, 7) is 4.69. The fourth-order valence-electron chi connectivity index (χ4n) is 4.33. The van der Waals surface area contributed by atoms with Crippen LogP contribution in [0.2, 0.25) is 0 Å². The highest BCUT2D eigenvalue weighted by molar-refractivity contribution is 7.17. The molecule has 0 bridgehead atoms. The van der Waals surface area contributed by atoms with Crippen molar-refractivity contribution in [2.45, 2.75) is 25.3 Å². The van der Waals surface area contributed by atoms with E-state index in [9.17, 15) is 14.0 Å². The number of anilines is 1. The number of benzene rings is 1. The Morgan fingerprint density at radius 3 is 2.91 bits per heavy atom. The molecule has 1 aliphatic rings. The van der Waals surface area contributed by atoms with Gasteiger partial charge in [-0.1, -0.05) is 12.6 Å². The first-order valence-corrected chi connectivity index (χ1v) is 11.7. The predicted octanol–water partition coefficient (Wildman–Crippen LogP) is 4.88. The van der Waals surface area contributed by atoms with E-state index < -0.39 is 5.82 Å². The zero-order chi connectivity index (χ0) is 23.7. The number of aromatic nitrogens is 3. The maximum absolute atomic E-state index is 14.9. The van der Waals surface area contributed by atoms with E-state index in [2.05, 4.69) is 21.9 Å². The molecule has 3 aromatic heterocycles. The summed E-state index contributed by atoms with van der Waals surface area (Å²) in [6, 6.07) is 8.07. The number of fused-ring (bicyclic) bond motifs is 1. The van der Waals surface area contributed by atoms with Gasteiger partial charge in [0, 0.05) is 19.1 Å². The largest absolute Gasteiger partial charge is 0.443 e. The fraction of sp³-hybridized carbons (Fsp3) is 0.250. The van der Waals surface area contributed by atoms with Gasteiger partial charge in [0.2, 0.25) is 11.9 Å². The SMILES string of the molecule is C=CC(=O)N1CCC[C@@H](n2c(NC(=O)c3ccc(-c4cnco4)s3)nc3cccc(F)c32)CC1. The van der Waals surface area contributed by atoms with Gasteiger partial charge in [0.15, 0.2) is 12.2 Å². The number of imidazole rings is 1. The monoisotopic (exact) mass is 479 g/mol. The topological polar surface area (TPSA) is 93.3 Å². The van der Waals surface area contributed by atoms with Gasteiger partial charge >= 0.3 is 0 Å². The van der Waals surface area contributed by atoms with Crippen LogP contribution < -0.4 is 5.32 Å². The molecule has 174 valence electrons. The van der Waals surface area contributed by atoms with E-state index in [-0.39, 0.29) is 23.8 Å². The molecule has 0 unspecified atom stereocenters. The predicted molar refractivity (Wildman–Crippen MR) is 127 cm³/mol. The van der Waals surface area contributed by atoms with Crippen molar-refractivity contribution in [1.29, 1.82) is 0 Å². The zero-order valence-corrected chi connectivity index (χ0v) is 19.1. The van der Waals surface area contributed by atoms with Gasteiger partial charge in [0.05, 0.1) is 21.5 Å². The van der Waals surface area contributed by atoms with Gasteiger partial charge in [-0.2, -0.15) is 0 Å². The van der Waals surface area contributed by atoms with Crippen LogP contribution in [0.25, 0.3) is 21.7 Å². The second kappa shape index (κ2) is 9.22. The first kappa shape index (κ1) is 22.0. The molecule has 4 aromatic rings. The van der Waals surface area contributed by atoms with Crippen molar-refractivity contribution in [2.24, 2.45) is 0 Å². The van der Waals surface area contributed by atoms with Crippen molar-refractivity contribution in [3.8, 4) is 10.6 Å². The molecule has 8 nitrogen and oxygen atoms in total. The summed E-state index contributed by atoms with van der Waals surface area (Å²) in [5.74, 6) is 0.00192. The standard InChI is InChI=1S/C24H22FN5O3S/c1-2-21(31)29-11-4-5-15(10-12-29)30-22-16(25)6-3-7-17(22)27-24(30)28-23(32)20-9-8-19(34-20)18-13-26-14-33-18/h2-3,6-9,13-15H,1,4-5,10-12H2,(H,27,28,32)/t15-/m1/s1. The molecule has 1 aromatic carbocycles. The summed E-state index contributed by atoms with van der Waals surface area (Å²) >= 11 is 1.27. The van der Waals surface area contributed by atoms with E-state index in [0.29, 0.717) is 41.2 Å². The molecule has 1 aliphatic heterocycles. The van der Waals surface area contributed by atoms with Crippen LogP contribution in [-0.4, -0.2) is 44.3 Å². The molecular formula is C24H22FN5O3S. The number of carbonyl (C=O) groups excluding carboxylic acids is 2. The van der Waals surface area contributed by atoms with Crippen molar-refractivity contribution in [2.75, 3.05) is 18.4 Å². The first-order valence-electron chi connectivity index (χ1n) is 10.9. The second-order valence-electron chi connectivity index (χ2n) is 8.01. The van der Waals surface area contributed by atoms with Crippen molar-refractivity contribution >= 4 is 40.1 Å². The normalized spacial score (nSPS) is 16.4. The molecule has 34 heavy (non-hydrogen) atoms. The lowest BCUT2D eigenvalue weighted by Crippen LogP contribution is -2.30. The number of hydrogen-bond acceptors (Lipinski definition) is 6. The lowest BCUT2D eigenvalue weighted by molar-refractivity contribution is -0.125. The number of carbonyl (C=O) groups is 2. The zero-order valence-electron chi connectivity index (χ0n) is 18.2. The minimum atomic E-state index is -0.405. The first-order chi connectivity index (χ1) is 16.5. The van der Waals surface area contributed by atoms with Gasteiger partial charge in [0.25, 0.3) is 5.91 Å². The maximum atomic E-state index is 14.9. The third kappa shape index (κ3) is 4.12. The molecule has 0 radical (unpaired) electrons. The van der Waals surface area contributed by atoms with E-state index in [4.69, 9.17) is 4.42 Å². The molecular weight excluding hydrogens is 457 g/mol. The van der Waals surface area contributed by atoms with Crippen molar-refractivity contribution in [3.05, 3.63) is 66.3 Å². The van der Waals surface area contributed by atoms with Crippen molar-refractivity contribution < 1.29 is 18.4 Å². The van der Waals surface area contributed by atoms with Crippen LogP contribution in [0, 0.1) is 5.82 Å². The summed E-state index contributed by atoms with van der Waals surface area (Å²) in [7, 11) is 0. The molecule has 0 saturated carbocycles. The van der Waals surface area contributed by atoms with Crippen LogP contribution in [0.3, 0.4) is 0 Å². The number of thiophene rings is 1. The highest BCUT2D eigenvalue weighted by Gasteiger charge is 2.26. The van der Waals surface area contributed by atoms with E-state index in [1.54, 1.807) is 39.9 Å². The van der Waals surface area contributed by atoms with Crippen LogP contribution in [0.4, 0.5) is 10.3 Å². The Morgan fingerprint density at radius 2 is 2.12 bits per heavy atom. The average Bonchev–Trinajstić information content (AvgIpc) is 3.56. The minimum absolute atomic E-state index is 0.115. The quantitative estimate of drug-likeness (QED) is 0.412. The van der Waals surface area contributed by atoms with Gasteiger partial charge < -0.3 is 13.9 Å². The summed E-state index contributed by atoms with van der Waals surface area (Å²) in [4.78, 5) is 36.6. The van der Waals surface area contributed by atoms with E-state index in [1.807, 2.05) is 0 Å². The number of nitrogens with one attached hydrogen (secondary N) is 1. The van der Waals surface area contributed by atoms with Gasteiger partial charge in [-0.3, -0.25) is 14.9 Å². The summed E-state index contributed by atoms with van der Waals surface area (Å²) in [5.41, 5.74) is 0.812. The number of amides is 2. The third-order valence-electron chi connectivity index (χ3n) is 5.94. The molecule has 10 heteroatoms. The van der Waals surface area contributed by atoms with Crippen molar-refractivity contribution in [1.82, 2.24) is 19.4 Å². The smallest absolute Gasteiger partial charge is 0.268 e. The Hall–Kier alpha value is -3.79. The Labute approximate surface area is 198 Å². The second-order valence-corrected chi connectivity index (χ2v) is 9.09. The van der Waals surface area contributed by atoms with Gasteiger partial charge in [-0.05, 0) is 49.6 Å². The molecule has 0 aliphatic carbocycles. The molecule has 1 saturated heterocycles. The van der Waals surface area contributed by atoms with E-state index in [1.165, 1.54) is 29.9 Å². The van der Waals surface area contributed by atoms with Crippen LogP contribution in [0.5, 0.6) is 0 Å². The average molecular weight is 480 g/mol. The van der Waals surface area contributed by atoms with E-state index in [0.717, 1.165) is 17.7 Å². The number of para-hydroxylation sites is 1. The number of nitrogens with zero attached hydrogens (tertiary/aromatic N) is 4. The number of hydrogen-bond donors (Lipinski definition) is 1. The Morgan fingerprint density at radius 1 is 1.24 bits per heavy atom. The number of halogens is 1. The van der Waals surface area contributed by atoms with Gasteiger partial charge in [0.1, 0.15) is 11.3 Å². The van der Waals surface area contributed by atoms with Gasteiger partial charge in [-0.25, -0.2) is 14.4 Å². The van der Waals surface area contributed by atoms with Crippen LogP contribution >= 0.6 is 11.3 Å². The molecule has 2 amide bonds.